The van der Waals surface area contributed by atoms with E-state index >= 15 is 0 Å². The summed E-state index contributed by atoms with van der Waals surface area (Å²) in [6, 6.07) is 10.4. The molecule has 1 saturated heterocycles. The van der Waals surface area contributed by atoms with Crippen molar-refractivity contribution in [1.82, 2.24) is 15.3 Å². The predicted octanol–water partition coefficient (Wildman–Crippen LogP) is 2.54. The number of hydrogen-bond donors (Lipinski definition) is 3. The highest BCUT2D eigenvalue weighted by molar-refractivity contribution is 5.66. The van der Waals surface area contributed by atoms with Gasteiger partial charge in [0.1, 0.15) is 24.3 Å². The Morgan fingerprint density at radius 2 is 2.00 bits per heavy atom. The zero-order chi connectivity index (χ0) is 22.2. The van der Waals surface area contributed by atoms with Gasteiger partial charge in [-0.2, -0.15) is 4.98 Å². The SMILES string of the molecule is CNCC(O)COc1cccc(-c2cc(N(C)C3CCOCC3)nc(NC(C)C)n2)c1. The van der Waals surface area contributed by atoms with Crippen molar-refractivity contribution in [3.8, 4) is 17.0 Å². The molecular formula is C23H35N5O3. The average molecular weight is 430 g/mol. The number of aliphatic hydroxyl groups excluding tert-OH is 1. The maximum absolute atomic E-state index is 9.91. The summed E-state index contributed by atoms with van der Waals surface area (Å²) in [6.07, 6.45) is 1.41. The molecule has 1 aromatic carbocycles. The van der Waals surface area contributed by atoms with Crippen LogP contribution in [0.5, 0.6) is 5.75 Å². The number of nitrogens with one attached hydrogen (secondary N) is 2. The zero-order valence-corrected chi connectivity index (χ0v) is 19.0. The second kappa shape index (κ2) is 11.3. The first-order chi connectivity index (χ1) is 15.0. The van der Waals surface area contributed by atoms with Crippen molar-refractivity contribution in [2.45, 2.75) is 44.9 Å². The summed E-state index contributed by atoms with van der Waals surface area (Å²) in [6.45, 7) is 6.42. The van der Waals surface area contributed by atoms with Crippen molar-refractivity contribution in [1.29, 1.82) is 0 Å². The van der Waals surface area contributed by atoms with Crippen LogP contribution in [-0.4, -0.2) is 73.7 Å². The minimum atomic E-state index is -0.561. The van der Waals surface area contributed by atoms with Gasteiger partial charge in [-0.05, 0) is 45.9 Å². The minimum Gasteiger partial charge on any atom is -0.491 e. The lowest BCUT2D eigenvalue weighted by atomic mass is 10.1. The molecule has 3 rings (SSSR count). The Hall–Kier alpha value is -2.42. The summed E-state index contributed by atoms with van der Waals surface area (Å²) >= 11 is 0. The largest absolute Gasteiger partial charge is 0.491 e. The normalized spacial score (nSPS) is 15.7. The maximum Gasteiger partial charge on any atom is 0.225 e. The van der Waals surface area contributed by atoms with Gasteiger partial charge in [0, 0.05) is 50.5 Å². The molecule has 2 heterocycles. The number of ether oxygens (including phenoxy) is 2. The van der Waals surface area contributed by atoms with E-state index in [4.69, 9.17) is 19.4 Å². The van der Waals surface area contributed by atoms with Crippen LogP contribution in [-0.2, 0) is 4.74 Å². The molecule has 170 valence electrons. The van der Waals surface area contributed by atoms with Crippen molar-refractivity contribution in [3.05, 3.63) is 30.3 Å². The number of likely N-dealkylation sites (N-methyl/N-ethyl adjacent to an activating group) is 1. The Kier molecular flexibility index (Phi) is 8.45. The van der Waals surface area contributed by atoms with Gasteiger partial charge < -0.3 is 30.1 Å². The molecule has 1 unspecified atom stereocenters. The number of aliphatic hydroxyl groups is 1. The highest BCUT2D eigenvalue weighted by atomic mass is 16.5. The third-order valence-electron chi connectivity index (χ3n) is 5.24. The molecule has 8 heteroatoms. The molecule has 1 aromatic heterocycles. The van der Waals surface area contributed by atoms with Gasteiger partial charge in [-0.25, -0.2) is 4.98 Å². The number of anilines is 2. The van der Waals surface area contributed by atoms with E-state index in [-0.39, 0.29) is 12.6 Å². The molecule has 31 heavy (non-hydrogen) atoms. The second-order valence-corrected chi connectivity index (χ2v) is 8.24. The molecule has 0 spiro atoms. The smallest absolute Gasteiger partial charge is 0.225 e. The fraction of sp³-hybridized carbons (Fsp3) is 0.565. The lowest BCUT2D eigenvalue weighted by Gasteiger charge is -2.32. The number of rotatable bonds is 10. The van der Waals surface area contributed by atoms with Crippen molar-refractivity contribution < 1.29 is 14.6 Å². The van der Waals surface area contributed by atoms with E-state index in [1.807, 2.05) is 30.3 Å². The molecule has 2 aromatic rings. The third-order valence-corrected chi connectivity index (χ3v) is 5.24. The van der Waals surface area contributed by atoms with E-state index in [1.165, 1.54) is 0 Å². The van der Waals surface area contributed by atoms with Crippen LogP contribution in [0.1, 0.15) is 26.7 Å². The topological polar surface area (TPSA) is 91.8 Å². The van der Waals surface area contributed by atoms with Crippen molar-refractivity contribution in [2.75, 3.05) is 50.7 Å². The first-order valence-corrected chi connectivity index (χ1v) is 11.0. The Morgan fingerprint density at radius 1 is 1.23 bits per heavy atom. The minimum absolute atomic E-state index is 0.222. The van der Waals surface area contributed by atoms with Crippen LogP contribution in [0.2, 0.25) is 0 Å². The molecule has 0 radical (unpaired) electrons. The van der Waals surface area contributed by atoms with E-state index in [0.29, 0.717) is 24.3 Å². The molecule has 0 aliphatic carbocycles. The van der Waals surface area contributed by atoms with Gasteiger partial charge in [0.2, 0.25) is 5.95 Å². The van der Waals surface area contributed by atoms with Crippen LogP contribution in [0.4, 0.5) is 11.8 Å². The molecule has 1 aliphatic rings. The van der Waals surface area contributed by atoms with Crippen LogP contribution in [0, 0.1) is 0 Å². The highest BCUT2D eigenvalue weighted by Gasteiger charge is 2.21. The second-order valence-electron chi connectivity index (χ2n) is 8.24. The monoisotopic (exact) mass is 429 g/mol. The van der Waals surface area contributed by atoms with Crippen LogP contribution in [0.15, 0.2) is 30.3 Å². The van der Waals surface area contributed by atoms with Crippen LogP contribution in [0.25, 0.3) is 11.3 Å². The van der Waals surface area contributed by atoms with E-state index in [0.717, 1.165) is 43.1 Å². The Balaban J connectivity index is 1.86. The molecule has 8 nitrogen and oxygen atoms in total. The Morgan fingerprint density at radius 3 is 2.71 bits per heavy atom. The summed E-state index contributed by atoms with van der Waals surface area (Å²) in [4.78, 5) is 11.7. The van der Waals surface area contributed by atoms with E-state index in [1.54, 1.807) is 7.05 Å². The first-order valence-electron chi connectivity index (χ1n) is 11.0. The highest BCUT2D eigenvalue weighted by Crippen LogP contribution is 2.28. The lowest BCUT2D eigenvalue weighted by molar-refractivity contribution is 0.0853. The number of nitrogens with zero attached hydrogens (tertiary/aromatic N) is 3. The Bertz CT molecular complexity index is 827. The van der Waals surface area contributed by atoms with Crippen LogP contribution < -0.4 is 20.3 Å². The van der Waals surface area contributed by atoms with E-state index < -0.39 is 6.10 Å². The van der Waals surface area contributed by atoms with Gasteiger partial charge in [-0.15, -0.1) is 0 Å². The first kappa shape index (κ1) is 23.2. The van der Waals surface area contributed by atoms with Crippen molar-refractivity contribution in [2.24, 2.45) is 0 Å². The molecule has 1 fully saturated rings. The quantitative estimate of drug-likeness (QED) is 0.531. The van der Waals surface area contributed by atoms with Crippen molar-refractivity contribution >= 4 is 11.8 Å². The van der Waals surface area contributed by atoms with Gasteiger partial charge in [-0.3, -0.25) is 0 Å². The summed E-state index contributed by atoms with van der Waals surface area (Å²) in [5.41, 5.74) is 1.77. The van der Waals surface area contributed by atoms with Gasteiger partial charge in [0.15, 0.2) is 0 Å². The van der Waals surface area contributed by atoms with Gasteiger partial charge in [-0.1, -0.05) is 12.1 Å². The van der Waals surface area contributed by atoms with E-state index in [9.17, 15) is 5.11 Å². The standard InChI is InChI=1S/C23H35N5O3/c1-16(2)25-23-26-21(13-22(27-23)28(4)18-8-10-30-11-9-18)17-6-5-7-20(12-17)31-15-19(29)14-24-3/h5-7,12-13,16,18-19,24,29H,8-11,14-15H2,1-4H3,(H,25,26,27). The number of aromatic nitrogens is 2. The molecule has 0 amide bonds. The number of benzene rings is 1. The fourth-order valence-corrected chi connectivity index (χ4v) is 3.58. The van der Waals surface area contributed by atoms with Gasteiger partial charge in [0.05, 0.1) is 5.69 Å². The zero-order valence-electron chi connectivity index (χ0n) is 19.0. The third kappa shape index (κ3) is 6.78. The fourth-order valence-electron chi connectivity index (χ4n) is 3.58. The van der Waals surface area contributed by atoms with Crippen LogP contribution in [0.3, 0.4) is 0 Å². The summed E-state index contributed by atoms with van der Waals surface area (Å²) in [5.74, 6) is 2.19. The summed E-state index contributed by atoms with van der Waals surface area (Å²) < 4.78 is 11.3. The summed E-state index contributed by atoms with van der Waals surface area (Å²) in [7, 11) is 3.89. The molecule has 0 bridgehead atoms. The molecule has 0 saturated carbocycles. The average Bonchev–Trinajstić information content (AvgIpc) is 2.77. The van der Waals surface area contributed by atoms with Gasteiger partial charge in [0.25, 0.3) is 0 Å². The summed E-state index contributed by atoms with van der Waals surface area (Å²) in [5, 5.41) is 16.2. The van der Waals surface area contributed by atoms with Gasteiger partial charge >= 0.3 is 0 Å². The molecule has 1 atom stereocenters. The lowest BCUT2D eigenvalue weighted by Crippen LogP contribution is -2.37. The van der Waals surface area contributed by atoms with Crippen molar-refractivity contribution in [3.63, 3.8) is 0 Å². The van der Waals surface area contributed by atoms with E-state index in [2.05, 4.69) is 36.4 Å². The van der Waals surface area contributed by atoms with Crippen LogP contribution >= 0.6 is 0 Å². The molecule has 3 N–H and O–H groups in total. The predicted molar refractivity (Wildman–Crippen MR) is 124 cm³/mol. The Labute approximate surface area is 185 Å². The number of hydrogen-bond acceptors (Lipinski definition) is 8. The molecular weight excluding hydrogens is 394 g/mol. The maximum atomic E-state index is 9.91. The molecule has 1 aliphatic heterocycles.